The number of halogens is 1. The average Bonchev–Trinajstić information content (AvgIpc) is 3.28. The molecule has 1 saturated heterocycles. The van der Waals surface area contributed by atoms with Crippen molar-refractivity contribution in [3.8, 4) is 5.75 Å². The third-order valence-electron chi connectivity index (χ3n) is 6.50. The van der Waals surface area contributed by atoms with Crippen molar-refractivity contribution in [2.45, 2.75) is 50.5 Å². The summed E-state index contributed by atoms with van der Waals surface area (Å²) in [6, 6.07) is 11.0. The van der Waals surface area contributed by atoms with E-state index in [0.717, 1.165) is 10.5 Å². The number of aliphatic hydroxyl groups excluding tert-OH is 1. The van der Waals surface area contributed by atoms with E-state index in [1.807, 2.05) is 6.07 Å². The number of aromatic hydroxyl groups is 1. The Morgan fingerprint density at radius 1 is 1.16 bits per heavy atom. The molecule has 0 aliphatic carbocycles. The molecular weight excluding hydrogens is 481 g/mol. The zero-order valence-corrected chi connectivity index (χ0v) is 21.0. The number of carbonyl (C=O) groups is 3. The third kappa shape index (κ3) is 7.05. The molecule has 1 aliphatic heterocycles. The Morgan fingerprint density at radius 2 is 1.89 bits per heavy atom. The van der Waals surface area contributed by atoms with Gasteiger partial charge in [0.2, 0.25) is 5.91 Å². The van der Waals surface area contributed by atoms with Gasteiger partial charge in [-0.05, 0) is 43.9 Å². The lowest BCUT2D eigenvalue weighted by molar-refractivity contribution is -0.147. The second-order valence-electron chi connectivity index (χ2n) is 9.08. The van der Waals surface area contributed by atoms with Crippen LogP contribution in [0.3, 0.4) is 0 Å². The van der Waals surface area contributed by atoms with Crippen molar-refractivity contribution in [2.24, 2.45) is 0 Å². The van der Waals surface area contributed by atoms with Gasteiger partial charge in [-0.3, -0.25) is 14.4 Å². The normalized spacial score (nSPS) is 18.8. The molecule has 0 saturated carbocycles. The summed E-state index contributed by atoms with van der Waals surface area (Å²) in [4.78, 5) is 40.2. The number of hydrogen-bond acceptors (Lipinski definition) is 6. The minimum absolute atomic E-state index is 0.0349. The maximum Gasteiger partial charge on any atom is 0.254 e. The molecule has 37 heavy (non-hydrogen) atoms. The lowest BCUT2D eigenvalue weighted by Gasteiger charge is -2.30. The number of carbonyl (C=O) groups excluding carboxylic acids is 3. The molecule has 4 atom stereocenters. The quantitative estimate of drug-likeness (QED) is 0.336. The molecule has 200 valence electrons. The zero-order chi connectivity index (χ0) is 26.9. The first-order chi connectivity index (χ1) is 17.7. The number of rotatable bonds is 11. The Balaban J connectivity index is 1.80. The van der Waals surface area contributed by atoms with Gasteiger partial charge < -0.3 is 30.5 Å². The fourth-order valence-corrected chi connectivity index (χ4v) is 4.41. The first-order valence-electron chi connectivity index (χ1n) is 12.3. The van der Waals surface area contributed by atoms with Gasteiger partial charge in [0, 0.05) is 37.9 Å². The van der Waals surface area contributed by atoms with Crippen LogP contribution in [-0.2, 0) is 20.7 Å². The molecule has 2 aromatic carbocycles. The highest BCUT2D eigenvalue weighted by atomic mass is 19.1. The van der Waals surface area contributed by atoms with Crippen LogP contribution in [0.2, 0.25) is 0 Å². The van der Waals surface area contributed by atoms with Gasteiger partial charge in [0.1, 0.15) is 18.0 Å². The van der Waals surface area contributed by atoms with Crippen LogP contribution in [0.5, 0.6) is 5.75 Å². The van der Waals surface area contributed by atoms with Gasteiger partial charge in [0.25, 0.3) is 11.8 Å². The first-order valence-corrected chi connectivity index (χ1v) is 12.3. The Labute approximate surface area is 215 Å². The van der Waals surface area contributed by atoms with Crippen LogP contribution < -0.4 is 10.6 Å². The van der Waals surface area contributed by atoms with E-state index in [2.05, 4.69) is 10.6 Å². The topological polar surface area (TPSA) is 128 Å². The van der Waals surface area contributed by atoms with Gasteiger partial charge in [-0.2, -0.15) is 0 Å². The van der Waals surface area contributed by atoms with Crippen LogP contribution in [0.4, 0.5) is 4.39 Å². The predicted molar refractivity (Wildman–Crippen MR) is 135 cm³/mol. The van der Waals surface area contributed by atoms with Gasteiger partial charge in [-0.1, -0.05) is 36.4 Å². The van der Waals surface area contributed by atoms with Crippen LogP contribution in [0.15, 0.2) is 48.5 Å². The van der Waals surface area contributed by atoms with Crippen molar-refractivity contribution in [1.82, 2.24) is 15.5 Å². The van der Waals surface area contributed by atoms with E-state index in [1.54, 1.807) is 31.2 Å². The SMILES string of the molecule is COCCCNC(=O)C1[C@H](F)CCN1C(=O)[C@@H](O)[C@H](Cc1ccccc1)NC(=O)c1cccc(O)c1C. The first kappa shape index (κ1) is 28.1. The minimum Gasteiger partial charge on any atom is -0.508 e. The van der Waals surface area contributed by atoms with Crippen LogP contribution in [0, 0.1) is 6.92 Å². The van der Waals surface area contributed by atoms with Crippen molar-refractivity contribution >= 4 is 17.7 Å². The molecule has 0 aromatic heterocycles. The second kappa shape index (κ2) is 13.2. The summed E-state index contributed by atoms with van der Waals surface area (Å²) in [6.45, 7) is 2.23. The molecule has 1 fully saturated rings. The largest absolute Gasteiger partial charge is 0.508 e. The van der Waals surface area contributed by atoms with E-state index in [-0.39, 0.29) is 37.2 Å². The second-order valence-corrected chi connectivity index (χ2v) is 9.08. The van der Waals surface area contributed by atoms with Crippen molar-refractivity contribution < 1.29 is 33.7 Å². The number of alkyl halides is 1. The minimum atomic E-state index is -1.74. The van der Waals surface area contributed by atoms with Crippen molar-refractivity contribution in [1.29, 1.82) is 0 Å². The van der Waals surface area contributed by atoms with Crippen molar-refractivity contribution in [3.05, 3.63) is 65.2 Å². The maximum atomic E-state index is 14.7. The summed E-state index contributed by atoms with van der Waals surface area (Å²) in [6.07, 6.45) is -2.71. The fourth-order valence-electron chi connectivity index (χ4n) is 4.41. The highest BCUT2D eigenvalue weighted by Gasteiger charge is 2.45. The molecule has 3 amide bonds. The van der Waals surface area contributed by atoms with E-state index < -0.39 is 42.1 Å². The van der Waals surface area contributed by atoms with Crippen LogP contribution in [-0.4, -0.2) is 84.0 Å². The smallest absolute Gasteiger partial charge is 0.254 e. The summed E-state index contributed by atoms with van der Waals surface area (Å²) >= 11 is 0. The highest BCUT2D eigenvalue weighted by molar-refractivity contribution is 5.97. The molecule has 4 N–H and O–H groups in total. The molecule has 2 aromatic rings. The number of nitrogens with one attached hydrogen (secondary N) is 2. The number of methoxy groups -OCH3 is 1. The van der Waals surface area contributed by atoms with Crippen LogP contribution >= 0.6 is 0 Å². The number of benzene rings is 2. The standard InChI is InChI=1S/C27H34FN3O6/c1-17-19(10-6-11-22(17)32)25(34)30-21(16-18-8-4-3-5-9-18)24(33)27(36)31-14-12-20(28)23(31)26(35)29-13-7-15-37-2/h3-6,8-11,20-21,23-24,32-33H,7,12-16H2,1-2H3,(H,29,35)(H,30,34)/t20-,21+,23?,24+/m1/s1. The molecule has 3 rings (SSSR count). The zero-order valence-electron chi connectivity index (χ0n) is 21.0. The molecule has 9 nitrogen and oxygen atoms in total. The van der Waals surface area contributed by atoms with Gasteiger partial charge in [-0.25, -0.2) is 4.39 Å². The Hall–Kier alpha value is -3.50. The Bertz CT molecular complexity index is 1080. The number of phenolic OH excluding ortho intramolecular Hbond substituents is 1. The van der Waals surface area contributed by atoms with Gasteiger partial charge in [0.05, 0.1) is 6.04 Å². The predicted octanol–water partition coefficient (Wildman–Crippen LogP) is 1.49. The van der Waals surface area contributed by atoms with E-state index in [4.69, 9.17) is 4.74 Å². The number of phenols is 1. The van der Waals surface area contributed by atoms with Gasteiger partial charge >= 0.3 is 0 Å². The van der Waals surface area contributed by atoms with Gasteiger partial charge in [0.15, 0.2) is 6.10 Å². The summed E-state index contributed by atoms with van der Waals surface area (Å²) in [5.74, 6) is -2.13. The highest BCUT2D eigenvalue weighted by Crippen LogP contribution is 2.24. The molecule has 1 heterocycles. The average molecular weight is 516 g/mol. The van der Waals surface area contributed by atoms with Crippen molar-refractivity contribution in [2.75, 3.05) is 26.8 Å². The summed E-state index contributed by atoms with van der Waals surface area (Å²) in [7, 11) is 1.53. The van der Waals surface area contributed by atoms with Crippen LogP contribution in [0.1, 0.15) is 34.3 Å². The number of likely N-dealkylation sites (tertiary alicyclic amines) is 1. The molecule has 0 radical (unpaired) electrons. The molecular formula is C27H34FN3O6. The molecule has 10 heteroatoms. The number of nitrogens with zero attached hydrogens (tertiary/aromatic N) is 1. The van der Waals surface area contributed by atoms with E-state index in [1.165, 1.54) is 25.3 Å². The number of ether oxygens (including phenoxy) is 1. The summed E-state index contributed by atoms with van der Waals surface area (Å²) in [5.41, 5.74) is 1.30. The lowest BCUT2D eigenvalue weighted by Crippen LogP contribution is -2.57. The Morgan fingerprint density at radius 3 is 2.59 bits per heavy atom. The van der Waals surface area contributed by atoms with Crippen molar-refractivity contribution in [3.63, 3.8) is 0 Å². The number of aliphatic hydroxyl groups is 1. The van der Waals surface area contributed by atoms with E-state index >= 15 is 0 Å². The lowest BCUT2D eigenvalue weighted by atomic mass is 9.98. The molecule has 0 bridgehead atoms. The Kier molecular flexibility index (Phi) is 9.99. The van der Waals surface area contributed by atoms with E-state index in [0.29, 0.717) is 18.6 Å². The molecule has 1 aliphatic rings. The molecule has 0 spiro atoms. The number of amides is 3. The van der Waals surface area contributed by atoms with E-state index in [9.17, 15) is 29.0 Å². The fraction of sp³-hybridized carbons (Fsp3) is 0.444. The molecule has 1 unspecified atom stereocenters. The third-order valence-corrected chi connectivity index (χ3v) is 6.50. The van der Waals surface area contributed by atoms with Crippen LogP contribution in [0.25, 0.3) is 0 Å². The maximum absolute atomic E-state index is 14.7. The summed E-state index contributed by atoms with van der Waals surface area (Å²) in [5, 5.41) is 26.4. The summed E-state index contributed by atoms with van der Waals surface area (Å²) < 4.78 is 19.6. The number of hydrogen-bond donors (Lipinski definition) is 4. The monoisotopic (exact) mass is 515 g/mol. The van der Waals surface area contributed by atoms with Gasteiger partial charge in [-0.15, -0.1) is 0 Å².